The first kappa shape index (κ1) is 23.9. The molecule has 0 atom stereocenters. The molecule has 0 aliphatic carbocycles. The standard InChI is InChI=1S/C11H10BrFN2O3.C8H4BrFN2O2/c1-17-2-3-18-9-5-10(16)15-6-7(12)4-8(13)11(15)14-9;9-4-1-5(10)8-11-6(13)2-7(14)12(8)3-4/h4-6H,2-3H2,1H3;1,3H,2H2. The Morgan fingerprint density at radius 2 is 1.91 bits per heavy atom. The highest BCUT2D eigenvalue weighted by atomic mass is 79.9. The number of amides is 2. The number of hydrogen-bond acceptors (Lipinski definition) is 6. The number of carbonyl (C=O) groups excluding carboxylic acids is 2. The quantitative estimate of drug-likeness (QED) is 0.410. The highest BCUT2D eigenvalue weighted by Gasteiger charge is 2.31. The average molecular weight is 576 g/mol. The molecule has 168 valence electrons. The molecular weight excluding hydrogens is 562 g/mol. The lowest BCUT2D eigenvalue weighted by atomic mass is 10.2. The lowest BCUT2D eigenvalue weighted by molar-refractivity contribution is -0.131. The zero-order valence-corrected chi connectivity index (χ0v) is 19.5. The fourth-order valence-corrected chi connectivity index (χ4v) is 3.42. The van der Waals surface area contributed by atoms with Gasteiger partial charge in [0.2, 0.25) is 11.8 Å². The van der Waals surface area contributed by atoms with E-state index in [1.165, 1.54) is 31.6 Å². The van der Waals surface area contributed by atoms with Gasteiger partial charge in [-0.05, 0) is 44.0 Å². The first-order chi connectivity index (χ1) is 15.2. The molecule has 2 aliphatic heterocycles. The van der Waals surface area contributed by atoms with Crippen LogP contribution in [0, 0.1) is 5.82 Å². The number of methoxy groups -OCH3 is 1. The zero-order valence-electron chi connectivity index (χ0n) is 16.4. The van der Waals surface area contributed by atoms with Crippen molar-refractivity contribution in [3.63, 3.8) is 0 Å². The predicted molar refractivity (Wildman–Crippen MR) is 117 cm³/mol. The molecule has 0 spiro atoms. The third kappa shape index (κ3) is 5.53. The van der Waals surface area contributed by atoms with Gasteiger partial charge in [-0.25, -0.2) is 8.78 Å². The minimum absolute atomic E-state index is 0.0712. The van der Waals surface area contributed by atoms with Gasteiger partial charge in [0.1, 0.15) is 13.0 Å². The monoisotopic (exact) mass is 574 g/mol. The van der Waals surface area contributed by atoms with Gasteiger partial charge in [0.15, 0.2) is 23.1 Å². The molecule has 0 N–H and O–H groups in total. The van der Waals surface area contributed by atoms with Crippen molar-refractivity contribution < 1.29 is 27.8 Å². The van der Waals surface area contributed by atoms with Crippen LogP contribution in [0.15, 0.2) is 55.2 Å². The van der Waals surface area contributed by atoms with E-state index >= 15 is 0 Å². The number of hydrogen-bond donors (Lipinski definition) is 0. The van der Waals surface area contributed by atoms with Crippen LogP contribution in [0.25, 0.3) is 5.65 Å². The van der Waals surface area contributed by atoms with Gasteiger partial charge in [0, 0.05) is 28.5 Å². The Balaban J connectivity index is 0.000000186. The van der Waals surface area contributed by atoms with Crippen LogP contribution in [0.5, 0.6) is 5.88 Å². The highest BCUT2D eigenvalue weighted by molar-refractivity contribution is 9.12. The Bertz CT molecular complexity index is 1240. The summed E-state index contributed by atoms with van der Waals surface area (Å²) in [4.78, 5) is 42.4. The second kappa shape index (κ2) is 10.2. The van der Waals surface area contributed by atoms with Crippen molar-refractivity contribution in [1.82, 2.24) is 14.3 Å². The molecule has 0 saturated heterocycles. The molecule has 13 heteroatoms. The maximum absolute atomic E-state index is 13.7. The van der Waals surface area contributed by atoms with Crippen LogP contribution in [0.1, 0.15) is 6.42 Å². The number of rotatable bonds is 4. The SMILES string of the molecule is COCCOc1cc(=O)n2cc(Br)cc(F)c2n1.O=C1CC(=O)N2C=C(Br)C=C(F)C2=N1. The molecule has 2 amide bonds. The number of pyridine rings is 1. The molecule has 4 rings (SSSR count). The van der Waals surface area contributed by atoms with E-state index < -0.39 is 29.0 Å². The van der Waals surface area contributed by atoms with Crippen molar-refractivity contribution in [2.75, 3.05) is 20.3 Å². The van der Waals surface area contributed by atoms with E-state index in [4.69, 9.17) is 9.47 Å². The second-order valence-electron chi connectivity index (χ2n) is 6.25. The summed E-state index contributed by atoms with van der Waals surface area (Å²) in [5, 5.41) is 0. The first-order valence-electron chi connectivity index (χ1n) is 8.88. The zero-order chi connectivity index (χ0) is 23.4. The number of halogens is 4. The number of amidine groups is 1. The van der Waals surface area contributed by atoms with E-state index in [1.807, 2.05) is 0 Å². The van der Waals surface area contributed by atoms with Gasteiger partial charge in [-0.1, -0.05) is 0 Å². The summed E-state index contributed by atoms with van der Waals surface area (Å²) in [7, 11) is 1.53. The Morgan fingerprint density at radius 3 is 2.62 bits per heavy atom. The third-order valence-electron chi connectivity index (χ3n) is 3.96. The number of aliphatic imine (C=N–C) groups is 1. The largest absolute Gasteiger partial charge is 0.475 e. The van der Waals surface area contributed by atoms with Crippen molar-refractivity contribution in [1.29, 1.82) is 0 Å². The van der Waals surface area contributed by atoms with Gasteiger partial charge in [-0.2, -0.15) is 9.98 Å². The fraction of sp³-hybridized carbons (Fsp3) is 0.211. The summed E-state index contributed by atoms with van der Waals surface area (Å²) >= 11 is 6.16. The Kier molecular flexibility index (Phi) is 7.64. The summed E-state index contributed by atoms with van der Waals surface area (Å²) in [6.45, 7) is 0.612. The molecule has 0 aromatic carbocycles. The minimum atomic E-state index is -0.694. The number of allylic oxidation sites excluding steroid dienone is 2. The average Bonchev–Trinajstić information content (AvgIpc) is 2.71. The van der Waals surface area contributed by atoms with E-state index in [2.05, 4.69) is 41.8 Å². The maximum atomic E-state index is 13.7. The number of ether oxygens (including phenoxy) is 2. The summed E-state index contributed by atoms with van der Waals surface area (Å²) in [5.41, 5.74) is -0.481. The van der Waals surface area contributed by atoms with Crippen LogP contribution in [0.3, 0.4) is 0 Å². The Hall–Kier alpha value is -2.77. The fourth-order valence-electron chi connectivity index (χ4n) is 2.61. The van der Waals surface area contributed by atoms with Crippen LogP contribution in [-0.2, 0) is 14.3 Å². The molecule has 9 nitrogen and oxygen atoms in total. The van der Waals surface area contributed by atoms with Gasteiger partial charge in [0.25, 0.3) is 11.5 Å². The molecule has 0 radical (unpaired) electrons. The minimum Gasteiger partial charge on any atom is -0.475 e. The molecule has 4 heterocycles. The van der Waals surface area contributed by atoms with Gasteiger partial charge >= 0.3 is 0 Å². The molecule has 0 bridgehead atoms. The van der Waals surface area contributed by atoms with Crippen LogP contribution in [-0.4, -0.2) is 52.3 Å². The highest BCUT2D eigenvalue weighted by Crippen LogP contribution is 2.24. The van der Waals surface area contributed by atoms with E-state index in [-0.39, 0.29) is 30.4 Å². The summed E-state index contributed by atoms with van der Waals surface area (Å²) < 4.78 is 38.9. The van der Waals surface area contributed by atoms with Gasteiger partial charge in [-0.3, -0.25) is 23.7 Å². The van der Waals surface area contributed by atoms with Crippen molar-refractivity contribution in [3.05, 3.63) is 61.6 Å². The van der Waals surface area contributed by atoms with Gasteiger partial charge in [-0.15, -0.1) is 0 Å². The molecule has 2 aliphatic rings. The third-order valence-corrected chi connectivity index (χ3v) is 4.82. The first-order valence-corrected chi connectivity index (χ1v) is 10.5. The number of aromatic nitrogens is 2. The van der Waals surface area contributed by atoms with E-state index in [0.717, 1.165) is 15.4 Å². The summed E-state index contributed by atoms with van der Waals surface area (Å²) in [5.74, 6) is -2.52. The topological polar surface area (TPSA) is 103 Å². The lowest BCUT2D eigenvalue weighted by Crippen LogP contribution is -2.39. The predicted octanol–water partition coefficient (Wildman–Crippen LogP) is 2.87. The second-order valence-corrected chi connectivity index (χ2v) is 8.08. The van der Waals surface area contributed by atoms with Crippen molar-refractivity contribution >= 4 is 55.2 Å². The normalized spacial score (nSPS) is 15.4. The van der Waals surface area contributed by atoms with Crippen molar-refractivity contribution in [2.45, 2.75) is 6.42 Å². The number of carbonyl (C=O) groups is 2. The van der Waals surface area contributed by atoms with E-state index in [9.17, 15) is 23.2 Å². The van der Waals surface area contributed by atoms with E-state index in [0.29, 0.717) is 15.6 Å². The van der Waals surface area contributed by atoms with Crippen molar-refractivity contribution in [3.8, 4) is 5.88 Å². The summed E-state index contributed by atoms with van der Waals surface area (Å²) in [6, 6.07) is 2.44. The Labute approximate surface area is 196 Å². The molecule has 2 aromatic rings. The van der Waals surface area contributed by atoms with Gasteiger partial charge in [0.05, 0.1) is 12.7 Å². The van der Waals surface area contributed by atoms with Crippen molar-refractivity contribution in [2.24, 2.45) is 4.99 Å². The number of nitrogens with zero attached hydrogens (tertiary/aromatic N) is 4. The van der Waals surface area contributed by atoms with Crippen LogP contribution >= 0.6 is 31.9 Å². The molecule has 0 fully saturated rings. The molecule has 32 heavy (non-hydrogen) atoms. The molecule has 0 unspecified atom stereocenters. The maximum Gasteiger partial charge on any atom is 0.261 e. The van der Waals surface area contributed by atoms with Crippen LogP contribution in [0.4, 0.5) is 8.78 Å². The van der Waals surface area contributed by atoms with E-state index in [1.54, 1.807) is 0 Å². The van der Waals surface area contributed by atoms with Crippen LogP contribution < -0.4 is 10.3 Å². The Morgan fingerprint density at radius 1 is 1.16 bits per heavy atom. The number of fused-ring (bicyclic) bond motifs is 2. The summed E-state index contributed by atoms with van der Waals surface area (Å²) in [6.07, 6.45) is 3.68. The smallest absolute Gasteiger partial charge is 0.261 e. The molecule has 2 aromatic heterocycles. The van der Waals surface area contributed by atoms with Gasteiger partial charge < -0.3 is 9.47 Å². The molecular formula is C19H14Br2F2N4O5. The lowest BCUT2D eigenvalue weighted by Gasteiger charge is -2.24. The molecule has 0 saturated carbocycles. The van der Waals surface area contributed by atoms with Crippen LogP contribution in [0.2, 0.25) is 0 Å².